The Balaban J connectivity index is 1.81. The van der Waals surface area contributed by atoms with E-state index in [1.54, 1.807) is 11.8 Å². The third-order valence-electron chi connectivity index (χ3n) is 6.05. The summed E-state index contributed by atoms with van der Waals surface area (Å²) in [5, 5.41) is 10.7. The second kappa shape index (κ2) is 12.1. The van der Waals surface area contributed by atoms with Gasteiger partial charge >= 0.3 is 6.03 Å². The maximum absolute atomic E-state index is 13.2. The first kappa shape index (κ1) is 27.9. The Kier molecular flexibility index (Phi) is 9.10. The second-order valence-electron chi connectivity index (χ2n) is 10.5. The lowest BCUT2D eigenvalue weighted by Crippen LogP contribution is -2.41. The summed E-state index contributed by atoms with van der Waals surface area (Å²) in [7, 11) is 1.62. The minimum Gasteiger partial charge on any atom is -0.385 e. The van der Waals surface area contributed by atoms with Gasteiger partial charge in [-0.2, -0.15) is 5.10 Å². The normalized spacial score (nSPS) is 11.3. The van der Waals surface area contributed by atoms with E-state index in [0.29, 0.717) is 25.4 Å². The molecule has 37 heavy (non-hydrogen) atoms. The van der Waals surface area contributed by atoms with Crippen LogP contribution in [0.2, 0.25) is 0 Å². The fraction of sp³-hybridized carbons (Fsp3) is 0.414. The molecule has 0 unspecified atom stereocenters. The van der Waals surface area contributed by atoms with E-state index >= 15 is 0 Å². The molecule has 0 aliphatic carbocycles. The van der Waals surface area contributed by atoms with Crippen molar-refractivity contribution in [1.29, 1.82) is 0 Å². The Morgan fingerprint density at radius 3 is 2.27 bits per heavy atom. The molecule has 0 saturated carbocycles. The molecule has 0 aliphatic heterocycles. The lowest BCUT2D eigenvalue weighted by molar-refractivity contribution is -0.116. The zero-order valence-electron chi connectivity index (χ0n) is 23.0. The highest BCUT2D eigenvalue weighted by molar-refractivity contribution is 5.97. The molecule has 0 aliphatic rings. The summed E-state index contributed by atoms with van der Waals surface area (Å²) in [6.45, 7) is 13.0. The van der Waals surface area contributed by atoms with E-state index in [9.17, 15) is 9.59 Å². The Labute approximate surface area is 220 Å². The molecule has 1 aromatic heterocycles. The molecule has 198 valence electrons. The van der Waals surface area contributed by atoms with Crippen molar-refractivity contribution in [2.45, 2.75) is 53.4 Å². The van der Waals surface area contributed by atoms with Gasteiger partial charge in [0.1, 0.15) is 12.4 Å². The van der Waals surface area contributed by atoms with Crippen LogP contribution in [0.1, 0.15) is 49.6 Å². The molecule has 0 atom stereocenters. The van der Waals surface area contributed by atoms with Crippen molar-refractivity contribution < 1.29 is 14.3 Å². The van der Waals surface area contributed by atoms with Crippen LogP contribution in [0, 0.1) is 20.8 Å². The van der Waals surface area contributed by atoms with Crippen molar-refractivity contribution in [2.75, 3.05) is 37.4 Å². The highest BCUT2D eigenvalue weighted by Crippen LogP contribution is 2.26. The molecule has 0 fully saturated rings. The lowest BCUT2D eigenvalue weighted by Gasteiger charge is -2.23. The van der Waals surface area contributed by atoms with Crippen molar-refractivity contribution in [1.82, 2.24) is 14.7 Å². The van der Waals surface area contributed by atoms with Gasteiger partial charge < -0.3 is 20.3 Å². The molecule has 3 rings (SSSR count). The number of urea groups is 1. The van der Waals surface area contributed by atoms with Gasteiger partial charge in [0, 0.05) is 37.4 Å². The summed E-state index contributed by atoms with van der Waals surface area (Å²) in [5.41, 5.74) is 5.44. The first-order chi connectivity index (χ1) is 17.5. The van der Waals surface area contributed by atoms with Crippen molar-refractivity contribution in [3.05, 3.63) is 70.9 Å². The predicted octanol–water partition coefficient (Wildman–Crippen LogP) is 5.60. The minimum absolute atomic E-state index is 0.107. The van der Waals surface area contributed by atoms with E-state index in [0.717, 1.165) is 33.8 Å². The number of nitrogens with zero attached hydrogens (tertiary/aromatic N) is 3. The summed E-state index contributed by atoms with van der Waals surface area (Å²) in [6.07, 6.45) is 0.611. The molecule has 8 heteroatoms. The van der Waals surface area contributed by atoms with E-state index in [2.05, 4.69) is 31.4 Å². The topological polar surface area (TPSA) is 88.5 Å². The molecule has 2 N–H and O–H groups in total. The third-order valence-corrected chi connectivity index (χ3v) is 6.05. The highest BCUT2D eigenvalue weighted by Gasteiger charge is 2.23. The first-order valence-electron chi connectivity index (χ1n) is 12.6. The number of aromatic nitrogens is 2. The molecule has 0 saturated heterocycles. The van der Waals surface area contributed by atoms with Gasteiger partial charge in [-0.15, -0.1) is 0 Å². The lowest BCUT2D eigenvalue weighted by atomic mass is 9.92. The van der Waals surface area contributed by atoms with Crippen molar-refractivity contribution in [3.8, 4) is 5.69 Å². The van der Waals surface area contributed by atoms with Gasteiger partial charge in [-0.3, -0.25) is 4.79 Å². The average Bonchev–Trinajstić information content (AvgIpc) is 3.25. The second-order valence-corrected chi connectivity index (χ2v) is 10.5. The summed E-state index contributed by atoms with van der Waals surface area (Å²) < 4.78 is 6.90. The summed E-state index contributed by atoms with van der Waals surface area (Å²) in [5.74, 6) is 0.257. The Morgan fingerprint density at radius 2 is 1.65 bits per heavy atom. The molecule has 0 spiro atoms. The number of rotatable bonds is 9. The molecular weight excluding hydrogens is 466 g/mol. The van der Waals surface area contributed by atoms with E-state index in [1.807, 2.05) is 69.3 Å². The van der Waals surface area contributed by atoms with Gasteiger partial charge in [0.25, 0.3) is 0 Å². The number of hydrogen-bond donors (Lipinski definition) is 2. The molecule has 1 heterocycles. The van der Waals surface area contributed by atoms with Gasteiger partial charge in [-0.05, 0) is 51.0 Å². The van der Waals surface area contributed by atoms with Gasteiger partial charge in [0.2, 0.25) is 5.91 Å². The van der Waals surface area contributed by atoms with Crippen LogP contribution in [-0.4, -0.2) is 53.4 Å². The maximum atomic E-state index is 13.2. The predicted molar refractivity (Wildman–Crippen MR) is 149 cm³/mol. The van der Waals surface area contributed by atoms with Crippen LogP contribution in [0.3, 0.4) is 0 Å². The molecule has 3 aromatic rings. The number of nitrogens with one attached hydrogen (secondary N) is 2. The average molecular weight is 506 g/mol. The van der Waals surface area contributed by atoms with Crippen molar-refractivity contribution in [2.24, 2.45) is 0 Å². The number of carbonyl (C=O) groups excluding carboxylic acids is 2. The van der Waals surface area contributed by atoms with Crippen molar-refractivity contribution >= 4 is 23.4 Å². The number of aryl methyl sites for hydroxylation is 3. The number of ether oxygens (including phenoxy) is 1. The van der Waals surface area contributed by atoms with E-state index in [4.69, 9.17) is 9.84 Å². The van der Waals surface area contributed by atoms with E-state index < -0.39 is 0 Å². The number of anilines is 2. The Morgan fingerprint density at radius 1 is 0.973 bits per heavy atom. The molecule has 0 bridgehead atoms. The summed E-state index contributed by atoms with van der Waals surface area (Å²) in [4.78, 5) is 27.9. The quantitative estimate of drug-likeness (QED) is 0.370. The van der Waals surface area contributed by atoms with Gasteiger partial charge in [0.05, 0.1) is 11.4 Å². The standard InChI is InChI=1S/C29H39N5O3/c1-20-9-12-23(13-10-20)34-26(18-25(32-34)29(4,5)6)31-27(35)19-33(15-8-16-37-7)28(36)30-24-14-11-21(2)17-22(24)3/h9-14,17-18H,8,15-16,19H2,1-7H3,(H,30,36)(H,31,35). The number of methoxy groups -OCH3 is 1. The van der Waals surface area contributed by atoms with Crippen LogP contribution in [0.15, 0.2) is 48.5 Å². The SMILES string of the molecule is COCCCN(CC(=O)Nc1cc(C(C)(C)C)nn1-c1ccc(C)cc1)C(=O)Nc1ccc(C)cc1C. The van der Waals surface area contributed by atoms with E-state index in [1.165, 1.54) is 4.90 Å². The maximum Gasteiger partial charge on any atom is 0.322 e. The Bertz CT molecular complexity index is 1230. The highest BCUT2D eigenvalue weighted by atomic mass is 16.5. The van der Waals surface area contributed by atoms with E-state index in [-0.39, 0.29) is 23.9 Å². The fourth-order valence-corrected chi connectivity index (χ4v) is 3.88. The van der Waals surface area contributed by atoms with Crippen LogP contribution < -0.4 is 10.6 Å². The molecule has 0 radical (unpaired) electrons. The van der Waals surface area contributed by atoms with Crippen LogP contribution in [0.5, 0.6) is 0 Å². The number of hydrogen-bond acceptors (Lipinski definition) is 4. The van der Waals surface area contributed by atoms with Crippen LogP contribution >= 0.6 is 0 Å². The van der Waals surface area contributed by atoms with Crippen LogP contribution in [-0.2, 0) is 14.9 Å². The summed E-state index contributed by atoms with van der Waals surface area (Å²) in [6, 6.07) is 15.4. The number of benzene rings is 2. The van der Waals surface area contributed by atoms with Crippen molar-refractivity contribution in [3.63, 3.8) is 0 Å². The third kappa shape index (κ3) is 7.67. The van der Waals surface area contributed by atoms with Crippen LogP contribution in [0.4, 0.5) is 16.3 Å². The Hall–Kier alpha value is -3.65. The monoisotopic (exact) mass is 505 g/mol. The van der Waals surface area contributed by atoms with Gasteiger partial charge in [0.15, 0.2) is 0 Å². The molecule has 8 nitrogen and oxygen atoms in total. The molecule has 2 aromatic carbocycles. The minimum atomic E-state index is -0.333. The molecule has 3 amide bonds. The largest absolute Gasteiger partial charge is 0.385 e. The molecular formula is C29H39N5O3. The van der Waals surface area contributed by atoms with Gasteiger partial charge in [-0.25, -0.2) is 9.48 Å². The van der Waals surface area contributed by atoms with Gasteiger partial charge in [-0.1, -0.05) is 56.2 Å². The fourth-order valence-electron chi connectivity index (χ4n) is 3.88. The zero-order chi connectivity index (χ0) is 27.2. The smallest absolute Gasteiger partial charge is 0.322 e. The number of amides is 3. The summed E-state index contributed by atoms with van der Waals surface area (Å²) >= 11 is 0. The first-order valence-corrected chi connectivity index (χ1v) is 12.6. The van der Waals surface area contributed by atoms with Crippen LogP contribution in [0.25, 0.3) is 5.69 Å². The number of carbonyl (C=O) groups is 2. The zero-order valence-corrected chi connectivity index (χ0v) is 23.0.